The van der Waals surface area contributed by atoms with Gasteiger partial charge in [-0.3, -0.25) is 0 Å². The highest BCUT2D eigenvalue weighted by atomic mass is 79.9. The Morgan fingerprint density at radius 1 is 1.35 bits per heavy atom. The molecule has 2 aromatic heterocycles. The van der Waals surface area contributed by atoms with Crippen LogP contribution in [0.2, 0.25) is 0 Å². The van der Waals surface area contributed by atoms with Crippen molar-refractivity contribution in [1.29, 1.82) is 0 Å². The van der Waals surface area contributed by atoms with Crippen molar-refractivity contribution in [1.82, 2.24) is 4.57 Å². The molecule has 0 spiro atoms. The molecule has 0 saturated carbocycles. The second-order valence-electron chi connectivity index (χ2n) is 4.39. The molecule has 0 aliphatic carbocycles. The monoisotopic (exact) mass is 349 g/mol. The van der Waals surface area contributed by atoms with Crippen molar-refractivity contribution in [2.45, 2.75) is 6.54 Å². The standard InChI is InChI=1S/C14H12BrN3OS/c15-11-4-6-20-13(11)8-18-5-3-9-1-2-10(7-12(9)18)14(16)17-19/h1-7,19H,8H2,(H2,16,17). The van der Waals surface area contributed by atoms with E-state index < -0.39 is 0 Å². The van der Waals surface area contributed by atoms with Crippen LogP contribution in [0.25, 0.3) is 10.9 Å². The van der Waals surface area contributed by atoms with E-state index in [0.717, 1.165) is 21.9 Å². The Labute approximate surface area is 128 Å². The number of thiophene rings is 1. The van der Waals surface area contributed by atoms with Crippen LogP contribution in [0.15, 0.2) is 51.5 Å². The molecule has 102 valence electrons. The van der Waals surface area contributed by atoms with E-state index in [1.807, 2.05) is 30.5 Å². The third-order valence-electron chi connectivity index (χ3n) is 3.18. The molecule has 0 bridgehead atoms. The van der Waals surface area contributed by atoms with Crippen LogP contribution < -0.4 is 5.73 Å². The van der Waals surface area contributed by atoms with Gasteiger partial charge in [0.05, 0.1) is 6.54 Å². The number of rotatable bonds is 3. The highest BCUT2D eigenvalue weighted by molar-refractivity contribution is 9.10. The van der Waals surface area contributed by atoms with E-state index in [1.54, 1.807) is 11.3 Å². The molecule has 0 saturated heterocycles. The first-order valence-corrected chi connectivity index (χ1v) is 7.65. The van der Waals surface area contributed by atoms with E-state index in [4.69, 9.17) is 10.9 Å². The normalized spacial score (nSPS) is 12.2. The lowest BCUT2D eigenvalue weighted by molar-refractivity contribution is 0.318. The molecule has 20 heavy (non-hydrogen) atoms. The van der Waals surface area contributed by atoms with E-state index >= 15 is 0 Å². The SMILES string of the molecule is N/C(=N/O)c1ccc2ccn(Cc3sccc3Br)c2c1. The van der Waals surface area contributed by atoms with Crippen LogP contribution in [0, 0.1) is 0 Å². The number of amidine groups is 1. The molecule has 6 heteroatoms. The van der Waals surface area contributed by atoms with Gasteiger partial charge in [0.25, 0.3) is 0 Å². The fourth-order valence-electron chi connectivity index (χ4n) is 2.13. The molecule has 4 nitrogen and oxygen atoms in total. The highest BCUT2D eigenvalue weighted by Gasteiger charge is 2.08. The smallest absolute Gasteiger partial charge is 0.170 e. The molecule has 0 aliphatic rings. The first-order valence-electron chi connectivity index (χ1n) is 5.97. The lowest BCUT2D eigenvalue weighted by Gasteiger charge is -2.06. The van der Waals surface area contributed by atoms with Gasteiger partial charge < -0.3 is 15.5 Å². The number of halogens is 1. The minimum absolute atomic E-state index is 0.122. The third kappa shape index (κ3) is 2.32. The summed E-state index contributed by atoms with van der Waals surface area (Å²) in [7, 11) is 0. The van der Waals surface area contributed by atoms with Crippen molar-refractivity contribution in [2.75, 3.05) is 0 Å². The molecule has 0 radical (unpaired) electrons. The number of fused-ring (bicyclic) bond motifs is 1. The van der Waals surface area contributed by atoms with Gasteiger partial charge >= 0.3 is 0 Å². The average molecular weight is 350 g/mol. The maximum atomic E-state index is 8.78. The van der Waals surface area contributed by atoms with Gasteiger partial charge in [-0.05, 0) is 44.9 Å². The zero-order valence-corrected chi connectivity index (χ0v) is 12.9. The maximum absolute atomic E-state index is 8.78. The average Bonchev–Trinajstić information content (AvgIpc) is 3.05. The van der Waals surface area contributed by atoms with E-state index in [9.17, 15) is 0 Å². The molecule has 0 atom stereocenters. The van der Waals surface area contributed by atoms with Crippen molar-refractivity contribution < 1.29 is 5.21 Å². The Morgan fingerprint density at radius 2 is 2.20 bits per heavy atom. The van der Waals surface area contributed by atoms with Gasteiger partial charge in [0.2, 0.25) is 0 Å². The van der Waals surface area contributed by atoms with Crippen molar-refractivity contribution in [3.8, 4) is 0 Å². The Balaban J connectivity index is 2.05. The molecule has 0 unspecified atom stereocenters. The number of oxime groups is 1. The molecular weight excluding hydrogens is 338 g/mol. The number of nitrogens with zero attached hydrogens (tertiary/aromatic N) is 2. The Bertz CT molecular complexity index is 791. The molecular formula is C14H12BrN3OS. The largest absolute Gasteiger partial charge is 0.409 e. The fourth-order valence-corrected chi connectivity index (χ4v) is 3.61. The quantitative estimate of drug-likeness (QED) is 0.328. The summed E-state index contributed by atoms with van der Waals surface area (Å²) in [5.74, 6) is 0.122. The lowest BCUT2D eigenvalue weighted by Crippen LogP contribution is -2.13. The summed E-state index contributed by atoms with van der Waals surface area (Å²) >= 11 is 5.27. The summed E-state index contributed by atoms with van der Waals surface area (Å²) in [4.78, 5) is 1.26. The van der Waals surface area contributed by atoms with Gasteiger partial charge in [-0.25, -0.2) is 0 Å². The predicted octanol–water partition coefficient (Wildman–Crippen LogP) is 3.61. The third-order valence-corrected chi connectivity index (χ3v) is 5.09. The number of hydrogen-bond acceptors (Lipinski definition) is 3. The Morgan fingerprint density at radius 3 is 2.90 bits per heavy atom. The van der Waals surface area contributed by atoms with Gasteiger partial charge in [-0.15, -0.1) is 11.3 Å². The summed E-state index contributed by atoms with van der Waals surface area (Å²) in [6, 6.07) is 9.87. The predicted molar refractivity (Wildman–Crippen MR) is 85.6 cm³/mol. The number of benzene rings is 1. The first-order chi connectivity index (χ1) is 9.69. The van der Waals surface area contributed by atoms with Crippen molar-refractivity contribution in [3.05, 3.63) is 56.8 Å². The highest BCUT2D eigenvalue weighted by Crippen LogP contribution is 2.26. The van der Waals surface area contributed by atoms with E-state index in [0.29, 0.717) is 5.56 Å². The van der Waals surface area contributed by atoms with Crippen LogP contribution in [0.3, 0.4) is 0 Å². The van der Waals surface area contributed by atoms with E-state index in [-0.39, 0.29) is 5.84 Å². The van der Waals surface area contributed by atoms with E-state index in [1.165, 1.54) is 4.88 Å². The molecule has 2 heterocycles. The first kappa shape index (κ1) is 13.2. The molecule has 1 aromatic carbocycles. The van der Waals surface area contributed by atoms with Crippen molar-refractivity contribution in [3.63, 3.8) is 0 Å². The summed E-state index contributed by atoms with van der Waals surface area (Å²) in [6.45, 7) is 0.793. The number of aromatic nitrogens is 1. The zero-order valence-electron chi connectivity index (χ0n) is 10.5. The summed E-state index contributed by atoms with van der Waals surface area (Å²) in [5.41, 5.74) is 7.43. The molecule has 0 amide bonds. The van der Waals surface area contributed by atoms with Gasteiger partial charge in [0.1, 0.15) is 0 Å². The van der Waals surface area contributed by atoms with Gasteiger partial charge in [0.15, 0.2) is 5.84 Å². The summed E-state index contributed by atoms with van der Waals surface area (Å²) < 4.78 is 3.28. The van der Waals surface area contributed by atoms with Crippen molar-refractivity contribution in [2.24, 2.45) is 10.9 Å². The minimum atomic E-state index is 0.122. The second-order valence-corrected chi connectivity index (χ2v) is 6.25. The summed E-state index contributed by atoms with van der Waals surface area (Å²) in [5, 5.41) is 15.0. The van der Waals surface area contributed by atoms with Crippen LogP contribution in [-0.4, -0.2) is 15.6 Å². The topological polar surface area (TPSA) is 63.5 Å². The van der Waals surface area contributed by atoms with Gasteiger partial charge in [0, 0.05) is 26.6 Å². The van der Waals surface area contributed by atoms with Crippen LogP contribution in [0.1, 0.15) is 10.4 Å². The minimum Gasteiger partial charge on any atom is -0.409 e. The van der Waals surface area contributed by atoms with Crippen molar-refractivity contribution >= 4 is 44.0 Å². The Hall–Kier alpha value is -1.79. The van der Waals surface area contributed by atoms with Crippen LogP contribution in [0.4, 0.5) is 0 Å². The molecule has 3 N–H and O–H groups in total. The maximum Gasteiger partial charge on any atom is 0.170 e. The molecule has 3 rings (SSSR count). The fraction of sp³-hybridized carbons (Fsp3) is 0.0714. The van der Waals surface area contributed by atoms with Gasteiger partial charge in [-0.1, -0.05) is 17.3 Å². The Kier molecular flexibility index (Phi) is 3.50. The van der Waals surface area contributed by atoms with Crippen LogP contribution >= 0.6 is 27.3 Å². The lowest BCUT2D eigenvalue weighted by atomic mass is 10.1. The second kappa shape index (κ2) is 5.30. The van der Waals surface area contributed by atoms with Crippen LogP contribution in [-0.2, 0) is 6.54 Å². The number of nitrogens with two attached hydrogens (primary N) is 1. The van der Waals surface area contributed by atoms with E-state index in [2.05, 4.69) is 37.1 Å². The van der Waals surface area contributed by atoms with Gasteiger partial charge in [-0.2, -0.15) is 0 Å². The molecule has 3 aromatic rings. The number of hydrogen-bond donors (Lipinski definition) is 2. The zero-order chi connectivity index (χ0) is 14.1. The van der Waals surface area contributed by atoms with Crippen LogP contribution in [0.5, 0.6) is 0 Å². The molecule has 0 fully saturated rings. The molecule has 0 aliphatic heterocycles. The summed E-state index contributed by atoms with van der Waals surface area (Å²) in [6.07, 6.45) is 2.05.